The summed E-state index contributed by atoms with van der Waals surface area (Å²) in [5, 5.41) is 13.6. The van der Waals surface area contributed by atoms with E-state index in [2.05, 4.69) is 10.1 Å². The summed E-state index contributed by atoms with van der Waals surface area (Å²) in [5.41, 5.74) is -2.58. The number of aliphatic hydroxyl groups is 1. The minimum atomic E-state index is -4.21. The Hall–Kier alpha value is -2.80. The van der Waals surface area contributed by atoms with Crippen molar-refractivity contribution in [2.75, 3.05) is 13.2 Å². The van der Waals surface area contributed by atoms with Crippen molar-refractivity contribution in [2.24, 2.45) is 0 Å². The lowest BCUT2D eigenvalue weighted by molar-refractivity contribution is -0.227. The van der Waals surface area contributed by atoms with Gasteiger partial charge >= 0.3 is 19.4 Å². The first kappa shape index (κ1) is 27.2. The van der Waals surface area contributed by atoms with Gasteiger partial charge in [-0.25, -0.2) is 9.36 Å². The largest absolute Gasteiger partial charge is 0.462 e. The molecule has 1 aromatic carbocycles. The van der Waals surface area contributed by atoms with Crippen LogP contribution in [0.2, 0.25) is 0 Å². The zero-order valence-electron chi connectivity index (χ0n) is 20.6. The zero-order valence-corrected chi connectivity index (χ0v) is 21.5. The molecule has 6 atom stereocenters. The SMILES string of the molecule is CC(C)OC(=O)[C@H](C)NP(=O)(OC[C@H]1O[C@@H](n2ccc(=O)[nH]c2=O)[C@@]2(CCO2)[C@@H]1O)Oc1ccccc1. The van der Waals surface area contributed by atoms with Gasteiger partial charge in [-0.1, -0.05) is 18.2 Å². The summed E-state index contributed by atoms with van der Waals surface area (Å²) in [6.45, 7) is 4.70. The maximum Gasteiger partial charge on any atom is 0.459 e. The zero-order chi connectivity index (χ0) is 26.8. The Morgan fingerprint density at radius 1 is 1.27 bits per heavy atom. The van der Waals surface area contributed by atoms with Crippen molar-refractivity contribution in [3.8, 4) is 5.75 Å². The van der Waals surface area contributed by atoms with E-state index < -0.39 is 61.7 Å². The molecule has 3 N–H and O–H groups in total. The second-order valence-corrected chi connectivity index (χ2v) is 10.8. The number of H-pyrrole nitrogens is 1. The number of aromatic amines is 1. The Balaban J connectivity index is 1.53. The lowest BCUT2D eigenvalue weighted by atomic mass is 9.86. The first-order chi connectivity index (χ1) is 17.5. The summed E-state index contributed by atoms with van der Waals surface area (Å²) >= 11 is 0. The van der Waals surface area contributed by atoms with Crippen LogP contribution in [0.1, 0.15) is 33.4 Å². The van der Waals surface area contributed by atoms with Gasteiger partial charge in [-0.05, 0) is 32.9 Å². The summed E-state index contributed by atoms with van der Waals surface area (Å²) in [7, 11) is -4.21. The molecule has 2 aromatic rings. The van der Waals surface area contributed by atoms with Crippen molar-refractivity contribution in [1.29, 1.82) is 0 Å². The molecular formula is C23H30N3O10P. The third kappa shape index (κ3) is 5.87. The van der Waals surface area contributed by atoms with Crippen LogP contribution in [0.4, 0.5) is 0 Å². The second-order valence-electron chi connectivity index (χ2n) is 9.08. The quantitative estimate of drug-likeness (QED) is 0.292. The Kier molecular flexibility index (Phi) is 8.02. The number of esters is 1. The van der Waals surface area contributed by atoms with Crippen LogP contribution in [0.3, 0.4) is 0 Å². The molecular weight excluding hydrogens is 509 g/mol. The smallest absolute Gasteiger partial charge is 0.459 e. The molecule has 0 bridgehead atoms. The Morgan fingerprint density at radius 2 is 1.97 bits per heavy atom. The molecule has 2 fully saturated rings. The van der Waals surface area contributed by atoms with Gasteiger partial charge in [-0.2, -0.15) is 5.09 Å². The van der Waals surface area contributed by atoms with Crippen LogP contribution >= 0.6 is 7.75 Å². The van der Waals surface area contributed by atoms with Gasteiger partial charge in [-0.15, -0.1) is 0 Å². The number of para-hydroxylation sites is 1. The minimum Gasteiger partial charge on any atom is -0.462 e. The molecule has 0 radical (unpaired) electrons. The van der Waals surface area contributed by atoms with Crippen LogP contribution in [0.5, 0.6) is 5.75 Å². The van der Waals surface area contributed by atoms with Gasteiger partial charge in [0, 0.05) is 18.7 Å². The third-order valence-corrected chi connectivity index (χ3v) is 7.62. The fourth-order valence-electron chi connectivity index (χ4n) is 4.13. The second kappa shape index (κ2) is 10.9. The monoisotopic (exact) mass is 539 g/mol. The van der Waals surface area contributed by atoms with Crippen LogP contribution in [-0.4, -0.2) is 63.8 Å². The molecule has 0 saturated carbocycles. The number of benzene rings is 1. The highest BCUT2D eigenvalue weighted by molar-refractivity contribution is 7.52. The molecule has 14 heteroatoms. The molecule has 2 aliphatic heterocycles. The molecule has 13 nitrogen and oxygen atoms in total. The highest BCUT2D eigenvalue weighted by atomic mass is 31.2. The molecule has 202 valence electrons. The van der Waals surface area contributed by atoms with E-state index in [0.29, 0.717) is 13.0 Å². The lowest BCUT2D eigenvalue weighted by Crippen LogP contribution is -2.57. The van der Waals surface area contributed by atoms with Crippen molar-refractivity contribution in [3.63, 3.8) is 0 Å². The number of hydrogen-bond acceptors (Lipinski definition) is 10. The van der Waals surface area contributed by atoms with Gasteiger partial charge in [0.2, 0.25) is 0 Å². The van der Waals surface area contributed by atoms with Crippen molar-refractivity contribution >= 4 is 13.7 Å². The summed E-state index contributed by atoms with van der Waals surface area (Å²) in [6.07, 6.45) is -2.19. The number of nitrogens with zero attached hydrogens (tertiary/aromatic N) is 1. The number of hydrogen-bond donors (Lipinski definition) is 3. The third-order valence-electron chi connectivity index (χ3n) is 5.98. The number of rotatable bonds is 10. The standard InChI is InChI=1S/C23H30N3O10P/c1-14(2)34-20(29)15(3)25-37(31,36-16-7-5-4-6-8-16)33-13-17-19(28)23(10-12-32-23)21(35-17)26-11-9-18(27)24-22(26)30/h4-9,11,14-15,17,19,21,28H,10,12-13H2,1-3H3,(H,25,31)(H,24,27,30)/t15-,17+,19+,21+,23+,37?/m0/s1. The van der Waals surface area contributed by atoms with Gasteiger partial charge in [0.25, 0.3) is 5.56 Å². The van der Waals surface area contributed by atoms with Gasteiger partial charge < -0.3 is 23.8 Å². The normalized spacial score (nSPS) is 27.4. The molecule has 3 heterocycles. The number of aromatic nitrogens is 2. The Morgan fingerprint density at radius 3 is 2.57 bits per heavy atom. The fourth-order valence-corrected chi connectivity index (χ4v) is 5.63. The number of aliphatic hydroxyl groups excluding tert-OH is 1. The minimum absolute atomic E-state index is 0.215. The average Bonchev–Trinajstić information content (AvgIpc) is 3.10. The van der Waals surface area contributed by atoms with Gasteiger partial charge in [-0.3, -0.25) is 23.7 Å². The molecule has 37 heavy (non-hydrogen) atoms. The van der Waals surface area contributed by atoms with E-state index in [1.165, 1.54) is 13.1 Å². The molecule has 2 saturated heterocycles. The number of ether oxygens (including phenoxy) is 3. The maximum absolute atomic E-state index is 13.7. The molecule has 2 aliphatic rings. The van der Waals surface area contributed by atoms with Crippen LogP contribution in [-0.2, 0) is 28.1 Å². The van der Waals surface area contributed by atoms with Crippen LogP contribution < -0.4 is 20.9 Å². The van der Waals surface area contributed by atoms with E-state index in [-0.39, 0.29) is 11.9 Å². The van der Waals surface area contributed by atoms with E-state index >= 15 is 0 Å². The van der Waals surface area contributed by atoms with Crippen LogP contribution in [0.15, 0.2) is 52.2 Å². The predicted octanol–water partition coefficient (Wildman–Crippen LogP) is 1.09. The first-order valence-corrected chi connectivity index (χ1v) is 13.3. The predicted molar refractivity (Wildman–Crippen MR) is 129 cm³/mol. The number of nitrogens with one attached hydrogen (secondary N) is 2. The maximum atomic E-state index is 13.7. The van der Waals surface area contributed by atoms with E-state index in [9.17, 15) is 24.1 Å². The van der Waals surface area contributed by atoms with Gasteiger partial charge in [0.15, 0.2) is 6.23 Å². The molecule has 1 spiro atoms. The van der Waals surface area contributed by atoms with Crippen LogP contribution in [0, 0.1) is 0 Å². The van der Waals surface area contributed by atoms with E-state index in [1.807, 2.05) is 0 Å². The summed E-state index contributed by atoms with van der Waals surface area (Å²) in [4.78, 5) is 38.4. The highest BCUT2D eigenvalue weighted by Crippen LogP contribution is 2.50. The van der Waals surface area contributed by atoms with Crippen molar-refractivity contribution < 1.29 is 37.7 Å². The summed E-state index contributed by atoms with van der Waals surface area (Å²) in [5.74, 6) is -0.445. The summed E-state index contributed by atoms with van der Waals surface area (Å²) < 4.78 is 42.8. The van der Waals surface area contributed by atoms with Gasteiger partial charge in [0.05, 0.1) is 19.3 Å². The van der Waals surface area contributed by atoms with E-state index in [1.54, 1.807) is 44.2 Å². The number of carbonyl (C=O) groups is 1. The van der Waals surface area contributed by atoms with Gasteiger partial charge in [0.1, 0.15) is 29.6 Å². The average molecular weight is 539 g/mol. The van der Waals surface area contributed by atoms with Crippen molar-refractivity contribution in [3.05, 3.63) is 63.4 Å². The van der Waals surface area contributed by atoms with Crippen molar-refractivity contribution in [2.45, 2.75) is 63.4 Å². The number of carbonyl (C=O) groups excluding carboxylic acids is 1. The van der Waals surface area contributed by atoms with E-state index in [4.69, 9.17) is 23.3 Å². The molecule has 1 unspecified atom stereocenters. The molecule has 0 amide bonds. The van der Waals surface area contributed by atoms with Crippen molar-refractivity contribution in [1.82, 2.24) is 14.6 Å². The Bertz CT molecular complexity index is 1260. The lowest BCUT2D eigenvalue weighted by Gasteiger charge is -2.44. The summed E-state index contributed by atoms with van der Waals surface area (Å²) in [6, 6.07) is 8.30. The van der Waals surface area contributed by atoms with E-state index in [0.717, 1.165) is 10.6 Å². The highest BCUT2D eigenvalue weighted by Gasteiger charge is 2.62. The van der Waals surface area contributed by atoms with Crippen LogP contribution in [0.25, 0.3) is 0 Å². The first-order valence-electron chi connectivity index (χ1n) is 11.8. The molecule has 0 aliphatic carbocycles. The fraction of sp³-hybridized carbons (Fsp3) is 0.522. The Labute approximate surface area is 212 Å². The topological polar surface area (TPSA) is 167 Å². The molecule has 1 aromatic heterocycles. The molecule has 4 rings (SSSR count).